The number of nitrogen functional groups attached to an aromatic ring is 1. The van der Waals surface area contributed by atoms with Gasteiger partial charge in [-0.2, -0.15) is 0 Å². The summed E-state index contributed by atoms with van der Waals surface area (Å²) in [6.45, 7) is 1.93. The van der Waals surface area contributed by atoms with Crippen LogP contribution in [-0.2, 0) is 4.74 Å². The Hall–Kier alpha value is -1.62. The van der Waals surface area contributed by atoms with E-state index >= 15 is 0 Å². The van der Waals surface area contributed by atoms with Crippen molar-refractivity contribution in [3.05, 3.63) is 29.6 Å². The molecule has 0 heterocycles. The van der Waals surface area contributed by atoms with Crippen molar-refractivity contribution in [2.24, 2.45) is 5.92 Å². The second kappa shape index (κ2) is 6.52. The molecule has 1 aliphatic carbocycles. The molecule has 1 aliphatic rings. The van der Waals surface area contributed by atoms with Crippen molar-refractivity contribution < 1.29 is 13.9 Å². The third-order valence-corrected chi connectivity index (χ3v) is 3.04. The van der Waals surface area contributed by atoms with Gasteiger partial charge in [-0.25, -0.2) is 4.39 Å². The molecule has 4 nitrogen and oxygen atoms in total. The molecule has 0 aliphatic heterocycles. The highest BCUT2D eigenvalue weighted by atomic mass is 19.1. The number of hydrogen-bond acceptors (Lipinski definition) is 3. The van der Waals surface area contributed by atoms with Gasteiger partial charge in [0.2, 0.25) is 0 Å². The lowest BCUT2D eigenvalue weighted by Gasteiger charge is -2.07. The van der Waals surface area contributed by atoms with Crippen LogP contribution in [0.15, 0.2) is 18.2 Å². The molecule has 104 valence electrons. The minimum absolute atomic E-state index is 0.0214. The zero-order chi connectivity index (χ0) is 13.7. The Balaban J connectivity index is 1.65. The fourth-order valence-electron chi connectivity index (χ4n) is 1.72. The maximum atomic E-state index is 13.5. The summed E-state index contributed by atoms with van der Waals surface area (Å²) < 4.78 is 18.9. The Morgan fingerprint density at radius 3 is 2.95 bits per heavy atom. The van der Waals surface area contributed by atoms with E-state index in [9.17, 15) is 9.18 Å². The standard InChI is InChI=1S/C14H19FN2O2/c15-13-8-11(16)4-5-12(13)14(18)17-6-1-7-19-9-10-2-3-10/h4-5,8,10H,1-3,6-7,9,16H2,(H,17,18). The van der Waals surface area contributed by atoms with Crippen molar-refractivity contribution >= 4 is 11.6 Å². The maximum absolute atomic E-state index is 13.5. The zero-order valence-electron chi connectivity index (χ0n) is 10.8. The van der Waals surface area contributed by atoms with Crippen LogP contribution in [0.3, 0.4) is 0 Å². The minimum atomic E-state index is -0.595. The van der Waals surface area contributed by atoms with Gasteiger partial charge < -0.3 is 15.8 Å². The molecule has 0 bridgehead atoms. The number of anilines is 1. The van der Waals surface area contributed by atoms with Crippen LogP contribution in [0.25, 0.3) is 0 Å². The molecule has 0 spiro atoms. The minimum Gasteiger partial charge on any atom is -0.399 e. The van der Waals surface area contributed by atoms with E-state index in [2.05, 4.69) is 5.32 Å². The normalized spacial score (nSPS) is 14.4. The SMILES string of the molecule is Nc1ccc(C(=O)NCCCOCC2CC2)c(F)c1. The van der Waals surface area contributed by atoms with Gasteiger partial charge in [-0.05, 0) is 43.4 Å². The molecule has 3 N–H and O–H groups in total. The van der Waals surface area contributed by atoms with E-state index in [0.29, 0.717) is 18.8 Å². The van der Waals surface area contributed by atoms with Crippen LogP contribution in [0.4, 0.5) is 10.1 Å². The molecule has 0 atom stereocenters. The summed E-state index contributed by atoms with van der Waals surface area (Å²) in [7, 11) is 0. The van der Waals surface area contributed by atoms with Crippen LogP contribution in [-0.4, -0.2) is 25.7 Å². The van der Waals surface area contributed by atoms with E-state index in [-0.39, 0.29) is 5.56 Å². The second-order valence-electron chi connectivity index (χ2n) is 4.87. The van der Waals surface area contributed by atoms with E-state index in [1.165, 1.54) is 25.0 Å². The second-order valence-corrected chi connectivity index (χ2v) is 4.87. The van der Waals surface area contributed by atoms with Crippen LogP contribution in [0.2, 0.25) is 0 Å². The smallest absolute Gasteiger partial charge is 0.254 e. The van der Waals surface area contributed by atoms with E-state index in [1.54, 1.807) is 0 Å². The van der Waals surface area contributed by atoms with Gasteiger partial charge in [0.05, 0.1) is 5.56 Å². The van der Waals surface area contributed by atoms with Gasteiger partial charge in [0, 0.05) is 25.4 Å². The number of benzene rings is 1. The van der Waals surface area contributed by atoms with Crippen LogP contribution < -0.4 is 11.1 Å². The number of carbonyl (C=O) groups is 1. The summed E-state index contributed by atoms with van der Waals surface area (Å²) in [5.74, 6) is -0.263. The Labute approximate surface area is 112 Å². The van der Waals surface area contributed by atoms with E-state index in [0.717, 1.165) is 25.0 Å². The predicted octanol–water partition coefficient (Wildman–Crippen LogP) is 1.95. The molecule has 1 aromatic rings. The van der Waals surface area contributed by atoms with Gasteiger partial charge in [-0.3, -0.25) is 4.79 Å². The van der Waals surface area contributed by atoms with E-state index in [4.69, 9.17) is 10.5 Å². The van der Waals surface area contributed by atoms with Crippen molar-refractivity contribution in [2.75, 3.05) is 25.5 Å². The number of ether oxygens (including phenoxy) is 1. The summed E-state index contributed by atoms with van der Waals surface area (Å²) >= 11 is 0. The topological polar surface area (TPSA) is 64.4 Å². The number of nitrogens with two attached hydrogens (primary N) is 1. The van der Waals surface area contributed by atoms with Crippen molar-refractivity contribution in [2.45, 2.75) is 19.3 Å². The molecule has 0 unspecified atom stereocenters. The van der Waals surface area contributed by atoms with Crippen molar-refractivity contribution in [3.63, 3.8) is 0 Å². The van der Waals surface area contributed by atoms with Gasteiger partial charge in [-0.15, -0.1) is 0 Å². The third-order valence-electron chi connectivity index (χ3n) is 3.04. The van der Waals surface area contributed by atoms with Gasteiger partial charge >= 0.3 is 0 Å². The Morgan fingerprint density at radius 2 is 2.26 bits per heavy atom. The average Bonchev–Trinajstić information content (AvgIpc) is 3.17. The molecule has 1 fully saturated rings. The largest absolute Gasteiger partial charge is 0.399 e. The number of hydrogen-bond donors (Lipinski definition) is 2. The lowest BCUT2D eigenvalue weighted by atomic mass is 10.2. The van der Waals surface area contributed by atoms with Gasteiger partial charge in [-0.1, -0.05) is 0 Å². The summed E-state index contributed by atoms with van der Waals surface area (Å²) in [4.78, 5) is 11.7. The van der Waals surface area contributed by atoms with Crippen LogP contribution >= 0.6 is 0 Å². The molecular formula is C14H19FN2O2. The molecular weight excluding hydrogens is 247 g/mol. The Morgan fingerprint density at radius 1 is 1.47 bits per heavy atom. The molecule has 0 radical (unpaired) electrons. The van der Waals surface area contributed by atoms with Crippen LogP contribution in [0.5, 0.6) is 0 Å². The van der Waals surface area contributed by atoms with Crippen molar-refractivity contribution in [3.8, 4) is 0 Å². The fourth-order valence-corrected chi connectivity index (χ4v) is 1.72. The summed E-state index contributed by atoms with van der Waals surface area (Å²) in [6.07, 6.45) is 3.27. The molecule has 1 saturated carbocycles. The highest BCUT2D eigenvalue weighted by Gasteiger charge is 2.20. The molecule has 2 rings (SSSR count). The number of carbonyl (C=O) groups excluding carboxylic acids is 1. The number of rotatable bonds is 7. The molecule has 1 aromatic carbocycles. The Kier molecular flexibility index (Phi) is 4.74. The van der Waals surface area contributed by atoms with E-state index in [1.807, 2.05) is 0 Å². The first-order valence-corrected chi connectivity index (χ1v) is 6.58. The number of nitrogens with one attached hydrogen (secondary N) is 1. The van der Waals surface area contributed by atoms with Gasteiger partial charge in [0.15, 0.2) is 0 Å². The molecule has 0 aromatic heterocycles. The predicted molar refractivity (Wildman–Crippen MR) is 71.3 cm³/mol. The van der Waals surface area contributed by atoms with Crippen molar-refractivity contribution in [1.29, 1.82) is 0 Å². The Bertz CT molecular complexity index is 447. The number of halogens is 1. The average molecular weight is 266 g/mol. The quantitative estimate of drug-likeness (QED) is 0.585. The van der Waals surface area contributed by atoms with Crippen LogP contribution in [0.1, 0.15) is 29.6 Å². The summed E-state index contributed by atoms with van der Waals surface area (Å²) in [5.41, 5.74) is 5.75. The van der Waals surface area contributed by atoms with E-state index < -0.39 is 11.7 Å². The monoisotopic (exact) mass is 266 g/mol. The lowest BCUT2D eigenvalue weighted by molar-refractivity contribution is 0.0933. The molecule has 19 heavy (non-hydrogen) atoms. The highest BCUT2D eigenvalue weighted by molar-refractivity contribution is 5.94. The molecule has 0 saturated heterocycles. The van der Waals surface area contributed by atoms with Crippen LogP contribution in [0, 0.1) is 11.7 Å². The maximum Gasteiger partial charge on any atom is 0.254 e. The highest BCUT2D eigenvalue weighted by Crippen LogP contribution is 2.28. The molecule has 1 amide bonds. The summed E-state index contributed by atoms with van der Waals surface area (Å²) in [6, 6.07) is 4.05. The zero-order valence-corrected chi connectivity index (χ0v) is 10.8. The first kappa shape index (κ1) is 13.8. The first-order chi connectivity index (χ1) is 9.16. The third kappa shape index (κ3) is 4.52. The van der Waals surface area contributed by atoms with Gasteiger partial charge in [0.1, 0.15) is 5.82 Å². The number of amides is 1. The first-order valence-electron chi connectivity index (χ1n) is 6.58. The van der Waals surface area contributed by atoms with Crippen molar-refractivity contribution in [1.82, 2.24) is 5.32 Å². The lowest BCUT2D eigenvalue weighted by Crippen LogP contribution is -2.26. The van der Waals surface area contributed by atoms with Gasteiger partial charge in [0.25, 0.3) is 5.91 Å². The summed E-state index contributed by atoms with van der Waals surface area (Å²) in [5, 5.41) is 2.66. The molecule has 5 heteroatoms. The fraction of sp³-hybridized carbons (Fsp3) is 0.500.